The van der Waals surface area contributed by atoms with Crippen molar-refractivity contribution < 1.29 is 4.42 Å². The van der Waals surface area contributed by atoms with Crippen molar-refractivity contribution in [1.29, 1.82) is 10.5 Å². The summed E-state index contributed by atoms with van der Waals surface area (Å²) >= 11 is 2.01. The summed E-state index contributed by atoms with van der Waals surface area (Å²) in [5.41, 5.74) is 0.0424. The standard InChI is InChI=1S/C8H3IN2O/c9-8-2-1-7(12-8)3-6(4-10)5-11/h1-3H. The maximum Gasteiger partial charge on any atom is 0.164 e. The molecule has 0 aromatic carbocycles. The van der Waals surface area contributed by atoms with Crippen LogP contribution >= 0.6 is 22.6 Å². The summed E-state index contributed by atoms with van der Waals surface area (Å²) in [7, 11) is 0. The zero-order chi connectivity index (χ0) is 8.97. The van der Waals surface area contributed by atoms with Crippen LogP contribution < -0.4 is 0 Å². The molecule has 0 radical (unpaired) electrons. The van der Waals surface area contributed by atoms with E-state index in [-0.39, 0.29) is 5.57 Å². The Bertz CT molecular complexity index is 376. The van der Waals surface area contributed by atoms with Gasteiger partial charge in [0.05, 0.1) is 0 Å². The average Bonchev–Trinajstić information content (AvgIpc) is 2.47. The molecule has 3 nitrogen and oxygen atoms in total. The van der Waals surface area contributed by atoms with Gasteiger partial charge in [0, 0.05) is 6.08 Å². The minimum absolute atomic E-state index is 0.0424. The van der Waals surface area contributed by atoms with Crippen LogP contribution in [0.3, 0.4) is 0 Å². The highest BCUT2D eigenvalue weighted by molar-refractivity contribution is 14.1. The van der Waals surface area contributed by atoms with Crippen LogP contribution in [0.4, 0.5) is 0 Å². The third kappa shape index (κ3) is 2.11. The van der Waals surface area contributed by atoms with Gasteiger partial charge in [0.2, 0.25) is 0 Å². The van der Waals surface area contributed by atoms with Crippen molar-refractivity contribution in [2.45, 2.75) is 0 Å². The molecule has 0 spiro atoms. The van der Waals surface area contributed by atoms with Crippen LogP contribution in [0.2, 0.25) is 0 Å². The summed E-state index contributed by atoms with van der Waals surface area (Å²) in [6.07, 6.45) is 1.40. The first-order valence-electron chi connectivity index (χ1n) is 3.03. The lowest BCUT2D eigenvalue weighted by Crippen LogP contribution is -1.70. The fraction of sp³-hybridized carbons (Fsp3) is 0. The van der Waals surface area contributed by atoms with E-state index in [2.05, 4.69) is 0 Å². The van der Waals surface area contributed by atoms with Crippen LogP contribution in [0.1, 0.15) is 5.76 Å². The van der Waals surface area contributed by atoms with E-state index < -0.39 is 0 Å². The van der Waals surface area contributed by atoms with Crippen molar-refractivity contribution in [3.8, 4) is 12.1 Å². The monoisotopic (exact) mass is 270 g/mol. The van der Waals surface area contributed by atoms with Crippen molar-refractivity contribution >= 4 is 28.7 Å². The second kappa shape index (κ2) is 3.93. The second-order valence-electron chi connectivity index (χ2n) is 1.92. The number of furan rings is 1. The molecule has 58 valence electrons. The molecule has 0 unspecified atom stereocenters. The Kier molecular flexibility index (Phi) is 2.89. The van der Waals surface area contributed by atoms with Crippen molar-refractivity contribution in [1.82, 2.24) is 0 Å². The Hall–Kier alpha value is -1.27. The molecule has 1 rings (SSSR count). The highest BCUT2D eigenvalue weighted by Gasteiger charge is 1.97. The molecule has 0 aliphatic rings. The maximum absolute atomic E-state index is 8.41. The lowest BCUT2D eigenvalue weighted by molar-refractivity contribution is 0.528. The molecule has 0 aliphatic carbocycles. The van der Waals surface area contributed by atoms with E-state index in [9.17, 15) is 0 Å². The predicted molar refractivity (Wildman–Crippen MR) is 50.6 cm³/mol. The molecule has 1 aromatic rings. The molecular weight excluding hydrogens is 267 g/mol. The van der Waals surface area contributed by atoms with Gasteiger partial charge >= 0.3 is 0 Å². The van der Waals surface area contributed by atoms with Crippen LogP contribution in [0.25, 0.3) is 6.08 Å². The molecule has 1 aromatic heterocycles. The van der Waals surface area contributed by atoms with E-state index in [1.165, 1.54) is 6.08 Å². The fourth-order valence-corrected chi connectivity index (χ4v) is 1.07. The summed E-state index contributed by atoms with van der Waals surface area (Å²) in [5, 5.41) is 16.8. The number of halogens is 1. The smallest absolute Gasteiger partial charge is 0.164 e. The minimum atomic E-state index is 0.0424. The molecule has 0 bridgehead atoms. The van der Waals surface area contributed by atoms with Crippen LogP contribution in [-0.2, 0) is 0 Å². The van der Waals surface area contributed by atoms with E-state index in [0.29, 0.717) is 5.76 Å². The first-order valence-corrected chi connectivity index (χ1v) is 4.11. The number of nitriles is 2. The Balaban J connectivity index is 2.97. The van der Waals surface area contributed by atoms with Gasteiger partial charge in [-0.15, -0.1) is 0 Å². The Morgan fingerprint density at radius 3 is 2.50 bits per heavy atom. The number of allylic oxidation sites excluding steroid dienone is 1. The Labute approximate surface area is 83.0 Å². The second-order valence-corrected chi connectivity index (χ2v) is 2.99. The van der Waals surface area contributed by atoms with E-state index in [4.69, 9.17) is 14.9 Å². The van der Waals surface area contributed by atoms with Crippen molar-refractivity contribution in [3.63, 3.8) is 0 Å². The lowest BCUT2D eigenvalue weighted by atomic mass is 10.3. The zero-order valence-electron chi connectivity index (χ0n) is 5.91. The molecule has 1 heterocycles. The van der Waals surface area contributed by atoms with Crippen LogP contribution in [-0.4, -0.2) is 0 Å². The summed E-state index contributed by atoms with van der Waals surface area (Å²) in [6.45, 7) is 0. The normalized spacial score (nSPS) is 8.25. The van der Waals surface area contributed by atoms with E-state index in [1.807, 2.05) is 22.6 Å². The number of nitrogens with zero attached hydrogens (tertiary/aromatic N) is 2. The van der Waals surface area contributed by atoms with Gasteiger partial charge in [0.1, 0.15) is 23.5 Å². The minimum Gasteiger partial charge on any atom is -0.451 e. The first-order chi connectivity index (χ1) is 5.76. The largest absolute Gasteiger partial charge is 0.451 e. The Morgan fingerprint density at radius 2 is 2.08 bits per heavy atom. The quantitative estimate of drug-likeness (QED) is 0.581. The highest BCUT2D eigenvalue weighted by atomic mass is 127. The molecule has 4 heteroatoms. The van der Waals surface area contributed by atoms with E-state index in [1.54, 1.807) is 24.3 Å². The van der Waals surface area contributed by atoms with E-state index >= 15 is 0 Å². The van der Waals surface area contributed by atoms with Gasteiger partial charge in [-0.05, 0) is 34.7 Å². The molecule has 0 saturated carbocycles. The van der Waals surface area contributed by atoms with Gasteiger partial charge in [0.25, 0.3) is 0 Å². The van der Waals surface area contributed by atoms with E-state index in [0.717, 1.165) is 3.77 Å². The van der Waals surface area contributed by atoms with Crippen LogP contribution in [0.15, 0.2) is 22.1 Å². The highest BCUT2D eigenvalue weighted by Crippen LogP contribution is 2.12. The average molecular weight is 270 g/mol. The molecule has 12 heavy (non-hydrogen) atoms. The van der Waals surface area contributed by atoms with Gasteiger partial charge in [-0.25, -0.2) is 0 Å². The molecule has 0 aliphatic heterocycles. The number of hydrogen-bond donors (Lipinski definition) is 0. The third-order valence-electron chi connectivity index (χ3n) is 1.12. The predicted octanol–water partition coefficient (Wildman–Crippen LogP) is 2.31. The number of hydrogen-bond acceptors (Lipinski definition) is 3. The van der Waals surface area contributed by atoms with Gasteiger partial charge in [-0.3, -0.25) is 0 Å². The first kappa shape index (κ1) is 8.82. The summed E-state index contributed by atoms with van der Waals surface area (Å²) in [4.78, 5) is 0. The molecule has 0 saturated heterocycles. The van der Waals surface area contributed by atoms with Gasteiger partial charge < -0.3 is 4.42 Å². The van der Waals surface area contributed by atoms with Crippen molar-refractivity contribution in [2.75, 3.05) is 0 Å². The van der Waals surface area contributed by atoms with Gasteiger partial charge in [-0.1, -0.05) is 0 Å². The zero-order valence-corrected chi connectivity index (χ0v) is 8.07. The fourth-order valence-electron chi connectivity index (χ4n) is 0.638. The maximum atomic E-state index is 8.41. The summed E-state index contributed by atoms with van der Waals surface area (Å²) in [6, 6.07) is 6.96. The van der Waals surface area contributed by atoms with Crippen molar-refractivity contribution in [3.05, 3.63) is 27.2 Å². The molecule has 0 amide bonds. The molecule has 0 N–H and O–H groups in total. The molecule has 0 atom stereocenters. The molecule has 0 fully saturated rings. The number of rotatable bonds is 1. The van der Waals surface area contributed by atoms with Crippen LogP contribution in [0, 0.1) is 26.4 Å². The van der Waals surface area contributed by atoms with Gasteiger partial charge in [0.15, 0.2) is 3.77 Å². The SMILES string of the molecule is N#CC(C#N)=Cc1ccc(I)o1. The summed E-state index contributed by atoms with van der Waals surface area (Å²) < 4.78 is 5.86. The topological polar surface area (TPSA) is 60.7 Å². The third-order valence-corrected chi connectivity index (χ3v) is 1.70. The Morgan fingerprint density at radius 1 is 1.42 bits per heavy atom. The summed E-state index contributed by atoms with van der Waals surface area (Å²) in [5.74, 6) is 0.525. The van der Waals surface area contributed by atoms with Crippen molar-refractivity contribution in [2.24, 2.45) is 0 Å². The van der Waals surface area contributed by atoms with Gasteiger partial charge in [-0.2, -0.15) is 10.5 Å². The lowest BCUT2D eigenvalue weighted by Gasteiger charge is -1.82. The molecular formula is C8H3IN2O. The van der Waals surface area contributed by atoms with Crippen LogP contribution in [0.5, 0.6) is 0 Å².